The summed E-state index contributed by atoms with van der Waals surface area (Å²) in [4.78, 5) is 26.4. The summed E-state index contributed by atoms with van der Waals surface area (Å²) in [7, 11) is -3.83. The molecule has 2 amide bonds. The van der Waals surface area contributed by atoms with E-state index in [1.54, 1.807) is 24.3 Å². The van der Waals surface area contributed by atoms with Gasteiger partial charge in [-0.1, -0.05) is 18.2 Å². The van der Waals surface area contributed by atoms with Crippen molar-refractivity contribution in [2.45, 2.75) is 18.8 Å². The van der Waals surface area contributed by atoms with Gasteiger partial charge in [0.25, 0.3) is 5.91 Å². The summed E-state index contributed by atoms with van der Waals surface area (Å²) < 4.78 is 30.8. The van der Waals surface area contributed by atoms with Crippen LogP contribution in [0.4, 0.5) is 0 Å². The molecule has 2 aliphatic rings. The maximum atomic E-state index is 12.5. The minimum atomic E-state index is -3.83. The number of carbonyl (C=O) groups excluding carboxylic acids is 2. The third-order valence-corrected chi connectivity index (χ3v) is 5.66. The lowest BCUT2D eigenvalue weighted by Gasteiger charge is -2.34. The molecule has 0 aliphatic carbocycles. The number of fused-ring (bicyclic) bond motifs is 1. The van der Waals surface area contributed by atoms with Crippen molar-refractivity contribution in [1.29, 1.82) is 0 Å². The number of nitrogens with zero attached hydrogens (tertiary/aromatic N) is 2. The molecule has 0 saturated carbocycles. The van der Waals surface area contributed by atoms with E-state index < -0.39 is 22.5 Å². The Kier molecular flexibility index (Phi) is 4.11. The van der Waals surface area contributed by atoms with Crippen molar-refractivity contribution in [3.8, 4) is 0 Å². The second kappa shape index (κ2) is 5.93. The smallest absolute Gasteiger partial charge is 0.268 e. The van der Waals surface area contributed by atoms with Gasteiger partial charge in [0.2, 0.25) is 15.9 Å². The molecule has 1 fully saturated rings. The van der Waals surface area contributed by atoms with Gasteiger partial charge in [-0.2, -0.15) is 0 Å². The van der Waals surface area contributed by atoms with Gasteiger partial charge in [-0.05, 0) is 18.6 Å². The van der Waals surface area contributed by atoms with Crippen LogP contribution in [0.15, 0.2) is 24.3 Å². The van der Waals surface area contributed by atoms with E-state index in [-0.39, 0.29) is 17.8 Å². The predicted molar refractivity (Wildman–Crippen MR) is 82.1 cm³/mol. The Morgan fingerprint density at radius 2 is 2.09 bits per heavy atom. The van der Waals surface area contributed by atoms with Gasteiger partial charge in [0.15, 0.2) is 0 Å². The Bertz CT molecular complexity index is 746. The van der Waals surface area contributed by atoms with Crippen LogP contribution in [0.5, 0.6) is 0 Å². The van der Waals surface area contributed by atoms with E-state index in [0.29, 0.717) is 35.1 Å². The molecule has 23 heavy (non-hydrogen) atoms. The zero-order chi connectivity index (χ0) is 16.6. The second-order valence-electron chi connectivity index (χ2n) is 5.75. The number of carbonyl (C=O) groups is 2. The van der Waals surface area contributed by atoms with Gasteiger partial charge in [0.1, 0.15) is 6.54 Å². The average molecular weight is 338 g/mol. The lowest BCUT2D eigenvalue weighted by molar-refractivity contribution is -0.138. The van der Waals surface area contributed by atoms with Crippen LogP contribution >= 0.6 is 0 Å². The lowest BCUT2D eigenvalue weighted by Crippen LogP contribution is -2.51. The highest BCUT2D eigenvalue weighted by Crippen LogP contribution is 2.24. The Hall–Kier alpha value is -1.93. The largest absolute Gasteiger partial charge is 0.375 e. The van der Waals surface area contributed by atoms with Crippen LogP contribution < -0.4 is 0 Å². The number of rotatable bonds is 2. The molecule has 1 aromatic carbocycles. The van der Waals surface area contributed by atoms with Gasteiger partial charge in [-0.3, -0.25) is 9.59 Å². The summed E-state index contributed by atoms with van der Waals surface area (Å²) in [5.74, 6) is -1.28. The standard InChI is InChI=1S/C15H18N2O5S/c1-11-8-16(6-7-22-11)14(18)9-17-15(19)13-5-3-2-4-12(13)10-23(17,20)21/h2-5,11H,6-10H2,1H3/t11-/m1/s1. The van der Waals surface area contributed by atoms with Crippen LogP contribution in [0.1, 0.15) is 22.8 Å². The summed E-state index contributed by atoms with van der Waals surface area (Å²) in [6.07, 6.45) is -0.0953. The van der Waals surface area contributed by atoms with Crippen molar-refractivity contribution in [2.75, 3.05) is 26.2 Å². The maximum Gasteiger partial charge on any atom is 0.268 e. The van der Waals surface area contributed by atoms with E-state index in [1.807, 2.05) is 6.92 Å². The Labute approximate surface area is 134 Å². The first-order chi connectivity index (χ1) is 10.9. The van der Waals surface area contributed by atoms with Crippen LogP contribution in [0.2, 0.25) is 0 Å². The van der Waals surface area contributed by atoms with Crippen LogP contribution in [0, 0.1) is 0 Å². The van der Waals surface area contributed by atoms with Gasteiger partial charge in [0, 0.05) is 18.7 Å². The van der Waals surface area contributed by atoms with Crippen molar-refractivity contribution >= 4 is 21.8 Å². The van der Waals surface area contributed by atoms with Crippen LogP contribution in [0.3, 0.4) is 0 Å². The van der Waals surface area contributed by atoms with E-state index in [2.05, 4.69) is 0 Å². The third-order valence-electron chi connectivity index (χ3n) is 4.02. The summed E-state index contributed by atoms with van der Waals surface area (Å²) in [5, 5.41) is 0. The van der Waals surface area contributed by atoms with E-state index in [9.17, 15) is 18.0 Å². The average Bonchev–Trinajstić information content (AvgIpc) is 2.51. The number of morpholine rings is 1. The highest BCUT2D eigenvalue weighted by molar-refractivity contribution is 7.89. The Balaban J connectivity index is 1.82. The molecular formula is C15H18N2O5S. The number of hydrogen-bond acceptors (Lipinski definition) is 5. The SMILES string of the molecule is C[C@@H]1CN(C(=O)CN2C(=O)c3ccccc3CS2(=O)=O)CCO1. The molecule has 0 radical (unpaired) electrons. The highest BCUT2D eigenvalue weighted by Gasteiger charge is 2.38. The number of ether oxygens (including phenoxy) is 1. The van der Waals surface area contributed by atoms with Gasteiger partial charge in [-0.25, -0.2) is 12.7 Å². The fourth-order valence-electron chi connectivity index (χ4n) is 2.83. The van der Waals surface area contributed by atoms with Crippen molar-refractivity contribution in [2.24, 2.45) is 0 Å². The second-order valence-corrected chi connectivity index (χ2v) is 7.64. The quantitative estimate of drug-likeness (QED) is 0.770. The monoisotopic (exact) mass is 338 g/mol. The molecule has 2 heterocycles. The molecule has 0 bridgehead atoms. The molecule has 1 aromatic rings. The summed E-state index contributed by atoms with van der Waals surface area (Å²) in [5.41, 5.74) is 0.812. The minimum absolute atomic E-state index is 0.0953. The Morgan fingerprint density at radius 3 is 2.83 bits per heavy atom. The molecule has 3 rings (SSSR count). The van der Waals surface area contributed by atoms with Gasteiger partial charge < -0.3 is 9.64 Å². The molecule has 1 saturated heterocycles. The fourth-order valence-corrected chi connectivity index (χ4v) is 4.29. The molecule has 2 aliphatic heterocycles. The van der Waals surface area contributed by atoms with Crippen LogP contribution in [-0.4, -0.2) is 61.8 Å². The summed E-state index contributed by atoms with van der Waals surface area (Å²) >= 11 is 0. The molecule has 8 heteroatoms. The summed E-state index contributed by atoms with van der Waals surface area (Å²) in [6, 6.07) is 6.57. The van der Waals surface area contributed by atoms with Gasteiger partial charge in [0.05, 0.1) is 18.5 Å². The predicted octanol–water partition coefficient (Wildman–Crippen LogP) is 0.219. The first-order valence-electron chi connectivity index (χ1n) is 7.40. The van der Waals surface area contributed by atoms with Gasteiger partial charge >= 0.3 is 0 Å². The number of hydrogen-bond donors (Lipinski definition) is 0. The molecule has 0 N–H and O–H groups in total. The maximum absolute atomic E-state index is 12.5. The fraction of sp³-hybridized carbons (Fsp3) is 0.467. The van der Waals surface area contributed by atoms with E-state index in [1.165, 1.54) is 4.90 Å². The lowest BCUT2D eigenvalue weighted by atomic mass is 10.1. The molecule has 124 valence electrons. The van der Waals surface area contributed by atoms with E-state index in [4.69, 9.17) is 4.74 Å². The van der Waals surface area contributed by atoms with E-state index >= 15 is 0 Å². The highest BCUT2D eigenvalue weighted by atomic mass is 32.2. The number of sulfonamides is 1. The zero-order valence-electron chi connectivity index (χ0n) is 12.8. The first-order valence-corrected chi connectivity index (χ1v) is 9.01. The number of amides is 2. The molecule has 0 unspecified atom stereocenters. The molecule has 0 aromatic heterocycles. The van der Waals surface area contributed by atoms with Crippen LogP contribution in [0.25, 0.3) is 0 Å². The Morgan fingerprint density at radius 1 is 1.35 bits per heavy atom. The van der Waals surface area contributed by atoms with Crippen LogP contribution in [-0.2, 0) is 25.3 Å². The van der Waals surface area contributed by atoms with Crippen molar-refractivity contribution < 1.29 is 22.7 Å². The van der Waals surface area contributed by atoms with Crippen molar-refractivity contribution in [1.82, 2.24) is 9.21 Å². The third kappa shape index (κ3) is 3.09. The first kappa shape index (κ1) is 15.9. The summed E-state index contributed by atoms with van der Waals surface area (Å²) in [6.45, 7) is 2.61. The molecular weight excluding hydrogens is 320 g/mol. The van der Waals surface area contributed by atoms with E-state index in [0.717, 1.165) is 0 Å². The van der Waals surface area contributed by atoms with Crippen molar-refractivity contribution in [3.05, 3.63) is 35.4 Å². The topological polar surface area (TPSA) is 84.0 Å². The minimum Gasteiger partial charge on any atom is -0.375 e. The van der Waals surface area contributed by atoms with Crippen molar-refractivity contribution in [3.63, 3.8) is 0 Å². The zero-order valence-corrected chi connectivity index (χ0v) is 13.6. The molecule has 7 nitrogen and oxygen atoms in total. The molecule has 0 spiro atoms. The number of benzene rings is 1. The normalized spacial score (nSPS) is 23.5. The molecule has 1 atom stereocenters. The van der Waals surface area contributed by atoms with Gasteiger partial charge in [-0.15, -0.1) is 0 Å².